The molecule has 0 amide bonds. The molecule has 1 aromatic rings. The zero-order chi connectivity index (χ0) is 12.3. The van der Waals surface area contributed by atoms with Gasteiger partial charge in [0, 0.05) is 30.7 Å². The number of alkyl halides is 3. The minimum atomic E-state index is -4.15. The van der Waals surface area contributed by atoms with E-state index in [-0.39, 0.29) is 17.5 Å². The molecule has 1 saturated carbocycles. The van der Waals surface area contributed by atoms with Gasteiger partial charge in [-0.2, -0.15) is 13.2 Å². The molecule has 0 atom stereocenters. The third-order valence-corrected chi connectivity index (χ3v) is 3.24. The first-order chi connectivity index (χ1) is 8.04. The summed E-state index contributed by atoms with van der Waals surface area (Å²) in [4.78, 5) is 4.14. The average molecular weight is 265 g/mol. The van der Waals surface area contributed by atoms with Crippen LogP contribution in [0.25, 0.3) is 0 Å². The van der Waals surface area contributed by atoms with Crippen LogP contribution < -0.4 is 5.32 Å². The highest BCUT2D eigenvalue weighted by molar-refractivity contribution is 8.00. The van der Waals surface area contributed by atoms with Gasteiger partial charge in [-0.3, -0.25) is 0 Å². The first-order valence-electron chi connectivity index (χ1n) is 5.49. The monoisotopic (exact) mass is 265 g/mol. The second kappa shape index (κ2) is 5.30. The number of halogens is 3. The first-order valence-corrected chi connectivity index (χ1v) is 6.47. The summed E-state index contributed by atoms with van der Waals surface area (Å²) in [5.41, 5.74) is -4.15. The molecule has 0 bridgehead atoms. The van der Waals surface area contributed by atoms with Crippen LogP contribution in [-0.4, -0.2) is 26.9 Å². The fraction of sp³-hybridized carbons (Fsp3) is 0.700. The molecule has 1 fully saturated rings. The van der Waals surface area contributed by atoms with Gasteiger partial charge in [0.2, 0.25) is 0 Å². The van der Waals surface area contributed by atoms with Crippen LogP contribution in [0.3, 0.4) is 0 Å². The Morgan fingerprint density at radius 2 is 2.24 bits per heavy atom. The van der Waals surface area contributed by atoms with Crippen LogP contribution in [0, 0.1) is 0 Å². The van der Waals surface area contributed by atoms with Gasteiger partial charge >= 0.3 is 5.51 Å². The predicted octanol–water partition coefficient (Wildman–Crippen LogP) is 2.39. The van der Waals surface area contributed by atoms with E-state index in [1.807, 2.05) is 0 Å². The number of thioether (sulfide) groups is 1. The number of imidazole rings is 1. The zero-order valence-electron chi connectivity index (χ0n) is 9.20. The van der Waals surface area contributed by atoms with Crippen LogP contribution >= 0.6 is 11.8 Å². The molecule has 1 aromatic heterocycles. The highest BCUT2D eigenvalue weighted by Gasteiger charge is 2.27. The van der Waals surface area contributed by atoms with E-state index in [0.717, 1.165) is 5.82 Å². The number of nitrogens with one attached hydrogen (secondary N) is 1. The van der Waals surface area contributed by atoms with E-state index in [0.29, 0.717) is 19.1 Å². The molecule has 1 aliphatic carbocycles. The zero-order valence-corrected chi connectivity index (χ0v) is 10.0. The maximum absolute atomic E-state index is 12.0. The summed E-state index contributed by atoms with van der Waals surface area (Å²) in [5, 5.41) is 3.29. The molecule has 0 saturated heterocycles. The fourth-order valence-corrected chi connectivity index (χ4v) is 2.01. The van der Waals surface area contributed by atoms with Crippen molar-refractivity contribution in [3.8, 4) is 0 Å². The van der Waals surface area contributed by atoms with Crippen molar-refractivity contribution in [2.75, 3.05) is 5.75 Å². The lowest BCUT2D eigenvalue weighted by Crippen LogP contribution is -2.19. The Morgan fingerprint density at radius 3 is 2.88 bits per heavy atom. The largest absolute Gasteiger partial charge is 0.441 e. The molecule has 96 valence electrons. The van der Waals surface area contributed by atoms with Crippen LogP contribution in [0.1, 0.15) is 18.7 Å². The van der Waals surface area contributed by atoms with E-state index in [1.54, 1.807) is 17.0 Å². The molecule has 2 rings (SSSR count). The van der Waals surface area contributed by atoms with Crippen molar-refractivity contribution in [1.29, 1.82) is 0 Å². The lowest BCUT2D eigenvalue weighted by atomic mass is 10.5. The summed E-state index contributed by atoms with van der Waals surface area (Å²) in [5.74, 6) is 0.829. The second-order valence-corrected chi connectivity index (χ2v) is 5.15. The summed E-state index contributed by atoms with van der Waals surface area (Å²) in [6.45, 7) is 0.972. The highest BCUT2D eigenvalue weighted by Crippen LogP contribution is 2.30. The van der Waals surface area contributed by atoms with Crippen molar-refractivity contribution in [2.24, 2.45) is 0 Å². The minimum absolute atomic E-state index is 0.00822. The number of aryl methyl sites for hydroxylation is 1. The molecular weight excluding hydrogens is 251 g/mol. The van der Waals surface area contributed by atoms with Gasteiger partial charge in [0.1, 0.15) is 5.82 Å². The van der Waals surface area contributed by atoms with E-state index in [2.05, 4.69) is 10.3 Å². The lowest BCUT2D eigenvalue weighted by Gasteiger charge is -2.09. The van der Waals surface area contributed by atoms with Crippen LogP contribution in [0.5, 0.6) is 0 Å². The molecule has 17 heavy (non-hydrogen) atoms. The molecule has 0 unspecified atom stereocenters. The fourth-order valence-electron chi connectivity index (χ4n) is 1.49. The molecule has 0 aromatic carbocycles. The summed E-state index contributed by atoms with van der Waals surface area (Å²) in [6.07, 6.45) is 5.72. The van der Waals surface area contributed by atoms with Crippen LogP contribution in [-0.2, 0) is 13.1 Å². The SMILES string of the molecule is FC(F)(F)SCCn1ccnc1CNC1CC1. The van der Waals surface area contributed by atoms with Gasteiger partial charge in [-0.05, 0) is 24.6 Å². The van der Waals surface area contributed by atoms with E-state index >= 15 is 0 Å². The van der Waals surface area contributed by atoms with E-state index < -0.39 is 5.51 Å². The number of rotatable bonds is 6. The molecule has 1 aliphatic rings. The minimum Gasteiger partial charge on any atom is -0.333 e. The Labute approximate surface area is 102 Å². The van der Waals surface area contributed by atoms with E-state index in [1.165, 1.54) is 12.8 Å². The molecule has 3 nitrogen and oxygen atoms in total. The van der Waals surface area contributed by atoms with Crippen molar-refractivity contribution in [3.05, 3.63) is 18.2 Å². The Kier molecular flexibility index (Phi) is 3.98. The molecule has 7 heteroatoms. The van der Waals surface area contributed by atoms with Crippen molar-refractivity contribution >= 4 is 11.8 Å². The third kappa shape index (κ3) is 4.59. The van der Waals surface area contributed by atoms with Crippen molar-refractivity contribution in [2.45, 2.75) is 37.5 Å². The van der Waals surface area contributed by atoms with Gasteiger partial charge < -0.3 is 9.88 Å². The maximum atomic E-state index is 12.0. The summed E-state index contributed by atoms with van der Waals surface area (Å²) < 4.78 is 37.7. The summed E-state index contributed by atoms with van der Waals surface area (Å²) in [7, 11) is 0. The second-order valence-electron chi connectivity index (χ2n) is 3.99. The Hall–Kier alpha value is -0.690. The van der Waals surface area contributed by atoms with Crippen LogP contribution in [0.4, 0.5) is 13.2 Å². The van der Waals surface area contributed by atoms with Gasteiger partial charge in [0.25, 0.3) is 0 Å². The Bertz CT molecular complexity index is 360. The lowest BCUT2D eigenvalue weighted by molar-refractivity contribution is -0.0328. The molecule has 1 N–H and O–H groups in total. The van der Waals surface area contributed by atoms with E-state index in [4.69, 9.17) is 0 Å². The molecule has 1 heterocycles. The van der Waals surface area contributed by atoms with Gasteiger partial charge in [-0.25, -0.2) is 4.98 Å². The normalized spacial score (nSPS) is 16.4. The highest BCUT2D eigenvalue weighted by atomic mass is 32.2. The first kappa shape index (κ1) is 12.8. The number of aromatic nitrogens is 2. The average Bonchev–Trinajstić information content (AvgIpc) is 2.95. The quantitative estimate of drug-likeness (QED) is 0.856. The molecule has 0 radical (unpaired) electrons. The Balaban J connectivity index is 1.76. The van der Waals surface area contributed by atoms with Crippen molar-refractivity contribution in [1.82, 2.24) is 14.9 Å². The van der Waals surface area contributed by atoms with Gasteiger partial charge in [0.15, 0.2) is 0 Å². The Morgan fingerprint density at radius 1 is 1.47 bits per heavy atom. The predicted molar refractivity (Wildman–Crippen MR) is 60.6 cm³/mol. The van der Waals surface area contributed by atoms with Crippen molar-refractivity contribution < 1.29 is 13.2 Å². The standard InChI is InChI=1S/C10H14F3N3S/c11-10(12,13)17-6-5-16-4-3-14-9(16)7-15-8-1-2-8/h3-4,8,15H,1-2,5-7H2. The summed E-state index contributed by atoms with van der Waals surface area (Å²) in [6, 6.07) is 0.574. The van der Waals surface area contributed by atoms with Crippen molar-refractivity contribution in [3.63, 3.8) is 0 Å². The molecule has 0 spiro atoms. The topological polar surface area (TPSA) is 29.9 Å². The van der Waals surface area contributed by atoms with Gasteiger partial charge in [-0.1, -0.05) is 0 Å². The van der Waals surface area contributed by atoms with Gasteiger partial charge in [-0.15, -0.1) is 0 Å². The number of hydrogen-bond acceptors (Lipinski definition) is 3. The van der Waals surface area contributed by atoms with Crippen LogP contribution in [0.15, 0.2) is 12.4 Å². The van der Waals surface area contributed by atoms with Gasteiger partial charge in [0.05, 0.1) is 6.54 Å². The maximum Gasteiger partial charge on any atom is 0.441 e. The molecular formula is C10H14F3N3S. The number of hydrogen-bond donors (Lipinski definition) is 1. The van der Waals surface area contributed by atoms with Crippen LogP contribution in [0.2, 0.25) is 0 Å². The van der Waals surface area contributed by atoms with E-state index in [9.17, 15) is 13.2 Å². The smallest absolute Gasteiger partial charge is 0.333 e. The summed E-state index contributed by atoms with van der Waals surface area (Å²) >= 11 is 0.00822. The number of nitrogens with zero attached hydrogens (tertiary/aromatic N) is 2. The molecule has 0 aliphatic heterocycles. The third-order valence-electron chi connectivity index (χ3n) is 2.53.